The molecule has 0 bridgehead atoms. The maximum absolute atomic E-state index is 13.0. The van der Waals surface area contributed by atoms with Crippen molar-refractivity contribution in [2.24, 2.45) is 0 Å². The lowest BCUT2D eigenvalue weighted by Gasteiger charge is -2.19. The number of rotatable bonds is 10. The summed E-state index contributed by atoms with van der Waals surface area (Å²) in [6.45, 7) is 2.10. The Balaban J connectivity index is 2.34. The van der Waals surface area contributed by atoms with Crippen LogP contribution >= 0.6 is 0 Å². The fraction of sp³-hybridized carbons (Fsp3) is 0.474. The van der Waals surface area contributed by atoms with Crippen molar-refractivity contribution < 1.29 is 36.6 Å². The van der Waals surface area contributed by atoms with E-state index in [4.69, 9.17) is 9.47 Å². The van der Waals surface area contributed by atoms with E-state index in [1.807, 2.05) is 6.92 Å². The number of nitrogens with zero attached hydrogens (tertiary/aromatic N) is 1. The maximum atomic E-state index is 13.0. The largest absolute Gasteiger partial charge is 0.428 e. The third kappa shape index (κ3) is 6.63. The molecule has 0 fully saturated rings. The molecule has 0 aromatic heterocycles. The van der Waals surface area contributed by atoms with Gasteiger partial charge in [0.2, 0.25) is 0 Å². The van der Waals surface area contributed by atoms with E-state index in [9.17, 15) is 28.1 Å². The first kappa shape index (κ1) is 23.5. The predicted molar refractivity (Wildman–Crippen MR) is 106 cm³/mol. The molecule has 0 spiro atoms. The molecule has 1 aromatic rings. The van der Waals surface area contributed by atoms with Crippen molar-refractivity contribution in [3.8, 4) is 5.75 Å². The molecule has 0 saturated carbocycles. The second-order valence-electron chi connectivity index (χ2n) is 6.69. The topological polar surface area (TPSA) is 139 Å². The molecule has 0 amide bonds. The molecular weight excluding hydrogens is 418 g/mol. The molecule has 10 nitrogen and oxygen atoms in total. The molecule has 1 aliphatic heterocycles. The lowest BCUT2D eigenvalue weighted by Crippen LogP contribution is -2.21. The van der Waals surface area contributed by atoms with Crippen molar-refractivity contribution in [1.82, 2.24) is 0 Å². The fourth-order valence-electron chi connectivity index (χ4n) is 2.85. The van der Waals surface area contributed by atoms with Gasteiger partial charge in [-0.1, -0.05) is 19.8 Å². The highest BCUT2D eigenvalue weighted by Crippen LogP contribution is 2.30. The zero-order chi connectivity index (χ0) is 22.3. The summed E-state index contributed by atoms with van der Waals surface area (Å²) in [4.78, 5) is 35.7. The number of Topliss-reactive ketones (excluding diaryl/α,β-unsaturated/α-hetero) is 1. The molecule has 0 N–H and O–H groups in total. The third-order valence-electron chi connectivity index (χ3n) is 4.22. The highest BCUT2D eigenvalue weighted by atomic mass is 32.2. The van der Waals surface area contributed by atoms with Crippen molar-refractivity contribution in [3.63, 3.8) is 0 Å². The van der Waals surface area contributed by atoms with Crippen LogP contribution in [0.1, 0.15) is 49.4 Å². The molecule has 1 heterocycles. The van der Waals surface area contributed by atoms with Gasteiger partial charge in [-0.05, 0) is 18.6 Å². The van der Waals surface area contributed by atoms with Crippen LogP contribution in [-0.2, 0) is 24.4 Å². The molecule has 2 rings (SSSR count). The lowest BCUT2D eigenvalue weighted by molar-refractivity contribution is -0.385. The average molecular weight is 441 g/mol. The van der Waals surface area contributed by atoms with Crippen LogP contribution in [0.2, 0.25) is 0 Å². The smallest absolute Gasteiger partial charge is 0.310 e. The minimum absolute atomic E-state index is 0.0403. The molecule has 30 heavy (non-hydrogen) atoms. The number of ether oxygens (including phenoxy) is 2. The van der Waals surface area contributed by atoms with Gasteiger partial charge in [0.25, 0.3) is 5.69 Å². The van der Waals surface area contributed by atoms with Gasteiger partial charge < -0.3 is 13.7 Å². The van der Waals surface area contributed by atoms with Gasteiger partial charge in [-0.3, -0.25) is 19.7 Å². The van der Waals surface area contributed by atoms with Crippen LogP contribution in [0.5, 0.6) is 5.75 Å². The molecule has 1 aromatic carbocycles. The second kappa shape index (κ2) is 10.3. The van der Waals surface area contributed by atoms with Crippen molar-refractivity contribution in [1.29, 1.82) is 0 Å². The van der Waals surface area contributed by atoms with Crippen molar-refractivity contribution in [2.45, 2.75) is 39.0 Å². The number of ketones is 1. The molecule has 0 aliphatic carbocycles. The van der Waals surface area contributed by atoms with Crippen LogP contribution in [0.4, 0.5) is 5.69 Å². The van der Waals surface area contributed by atoms with Crippen molar-refractivity contribution in [3.05, 3.63) is 45.2 Å². The molecule has 11 heteroatoms. The number of hydrogen-bond donors (Lipinski definition) is 0. The fourth-order valence-corrected chi connectivity index (χ4v) is 3.30. The SMILES string of the molecule is CCCCCC(=O)OC1=C(C(=O)c2ccc(OS(C)(=O)=O)cc2[N+](=O)[O-])CCOC1. The standard InChI is InChI=1S/C19H23NO9S/c1-3-4-5-6-18(21)28-17-12-27-10-9-15(17)19(22)14-8-7-13(29-30(2,25)26)11-16(14)20(23)24/h7-8,11H,3-6,9-10,12H2,1-2H3. The van der Waals surface area contributed by atoms with Crippen molar-refractivity contribution in [2.75, 3.05) is 19.5 Å². The van der Waals surface area contributed by atoms with Crippen LogP contribution in [0, 0.1) is 10.1 Å². The molecule has 0 atom stereocenters. The van der Waals surface area contributed by atoms with Crippen LogP contribution < -0.4 is 4.18 Å². The Bertz CT molecular complexity index is 966. The van der Waals surface area contributed by atoms with E-state index in [1.54, 1.807) is 0 Å². The Morgan fingerprint density at radius 2 is 2.00 bits per heavy atom. The highest BCUT2D eigenvalue weighted by Gasteiger charge is 2.29. The lowest BCUT2D eigenvalue weighted by atomic mass is 9.97. The monoisotopic (exact) mass is 441 g/mol. The minimum Gasteiger partial charge on any atom is -0.428 e. The van der Waals surface area contributed by atoms with Gasteiger partial charge in [-0.15, -0.1) is 0 Å². The van der Waals surface area contributed by atoms with Crippen LogP contribution in [0.15, 0.2) is 29.5 Å². The summed E-state index contributed by atoms with van der Waals surface area (Å²) >= 11 is 0. The summed E-state index contributed by atoms with van der Waals surface area (Å²) in [5.74, 6) is -1.43. The molecule has 164 valence electrons. The summed E-state index contributed by atoms with van der Waals surface area (Å²) < 4.78 is 37.7. The average Bonchev–Trinajstić information content (AvgIpc) is 2.67. The summed E-state index contributed by atoms with van der Waals surface area (Å²) in [5.41, 5.74) is -0.768. The zero-order valence-electron chi connectivity index (χ0n) is 16.7. The Morgan fingerprint density at radius 1 is 1.27 bits per heavy atom. The van der Waals surface area contributed by atoms with Gasteiger partial charge in [-0.25, -0.2) is 0 Å². The number of benzene rings is 1. The second-order valence-corrected chi connectivity index (χ2v) is 8.26. The summed E-state index contributed by atoms with van der Waals surface area (Å²) in [6.07, 6.45) is 3.56. The Labute approximate surface area is 174 Å². The molecular formula is C19H23NO9S. The summed E-state index contributed by atoms with van der Waals surface area (Å²) in [6, 6.07) is 3.13. The first-order chi connectivity index (χ1) is 14.1. The normalized spacial score (nSPS) is 14.3. The maximum Gasteiger partial charge on any atom is 0.310 e. The van der Waals surface area contributed by atoms with E-state index < -0.39 is 32.5 Å². The quantitative estimate of drug-likeness (QED) is 0.134. The molecule has 0 unspecified atom stereocenters. The highest BCUT2D eigenvalue weighted by molar-refractivity contribution is 7.86. The van der Waals surface area contributed by atoms with Crippen LogP contribution in [0.25, 0.3) is 0 Å². The zero-order valence-corrected chi connectivity index (χ0v) is 17.5. The Kier molecular flexibility index (Phi) is 8.07. The van der Waals surface area contributed by atoms with E-state index in [0.29, 0.717) is 6.42 Å². The van der Waals surface area contributed by atoms with E-state index in [-0.39, 0.29) is 48.7 Å². The number of esters is 1. The number of unbranched alkanes of at least 4 members (excludes halogenated alkanes) is 2. The van der Waals surface area contributed by atoms with Gasteiger partial charge in [0, 0.05) is 18.4 Å². The number of nitro groups is 1. The van der Waals surface area contributed by atoms with Crippen LogP contribution in [0.3, 0.4) is 0 Å². The number of carbonyl (C=O) groups excluding carboxylic acids is 2. The molecule has 1 aliphatic rings. The van der Waals surface area contributed by atoms with E-state index >= 15 is 0 Å². The van der Waals surface area contributed by atoms with Crippen LogP contribution in [-0.4, -0.2) is 44.6 Å². The predicted octanol–water partition coefficient (Wildman–Crippen LogP) is 2.91. The van der Waals surface area contributed by atoms with E-state index in [0.717, 1.165) is 37.3 Å². The van der Waals surface area contributed by atoms with Gasteiger partial charge in [-0.2, -0.15) is 8.42 Å². The van der Waals surface area contributed by atoms with Gasteiger partial charge in [0.05, 0.1) is 23.9 Å². The summed E-state index contributed by atoms with van der Waals surface area (Å²) in [7, 11) is -3.90. The van der Waals surface area contributed by atoms with Gasteiger partial charge in [0.15, 0.2) is 5.78 Å². The van der Waals surface area contributed by atoms with Gasteiger partial charge in [0.1, 0.15) is 23.7 Å². The summed E-state index contributed by atoms with van der Waals surface area (Å²) in [5, 5.41) is 11.5. The molecule has 0 radical (unpaired) electrons. The van der Waals surface area contributed by atoms with E-state index in [2.05, 4.69) is 4.18 Å². The van der Waals surface area contributed by atoms with Gasteiger partial charge >= 0.3 is 16.1 Å². The Morgan fingerprint density at radius 3 is 2.63 bits per heavy atom. The van der Waals surface area contributed by atoms with E-state index in [1.165, 1.54) is 0 Å². The number of carbonyl (C=O) groups is 2. The number of nitro benzene ring substituents is 1. The number of hydrogen-bond acceptors (Lipinski definition) is 9. The first-order valence-electron chi connectivity index (χ1n) is 9.35. The third-order valence-corrected chi connectivity index (χ3v) is 4.72. The molecule has 0 saturated heterocycles. The Hall–Kier alpha value is -2.79. The first-order valence-corrected chi connectivity index (χ1v) is 11.2. The van der Waals surface area contributed by atoms with Crippen molar-refractivity contribution >= 4 is 27.6 Å². The minimum atomic E-state index is -3.90.